The zero-order chi connectivity index (χ0) is 32.5. The summed E-state index contributed by atoms with van der Waals surface area (Å²) in [5.41, 5.74) is 3.26. The average molecular weight is 621 g/mol. The van der Waals surface area contributed by atoms with Crippen molar-refractivity contribution in [1.82, 2.24) is 14.8 Å². The third kappa shape index (κ3) is 5.64. The normalized spacial score (nSPS) is 17.0. The van der Waals surface area contributed by atoms with Crippen LogP contribution in [0.2, 0.25) is 0 Å². The molecule has 2 N–H and O–H groups in total. The van der Waals surface area contributed by atoms with Crippen LogP contribution >= 0.6 is 11.8 Å². The largest absolute Gasteiger partial charge is 0.465 e. The number of carbonyl (C=O) groups excluding carboxylic acids is 2. The minimum absolute atomic E-state index is 0.0392. The topological polar surface area (TPSA) is 142 Å². The van der Waals surface area contributed by atoms with Gasteiger partial charge in [-0.15, -0.1) is 11.8 Å². The van der Waals surface area contributed by atoms with E-state index in [9.17, 15) is 30.0 Å². The number of nitrogens with one attached hydrogen (secondary N) is 1. The first-order chi connectivity index (χ1) is 21.5. The van der Waals surface area contributed by atoms with E-state index in [2.05, 4.69) is 17.5 Å². The van der Waals surface area contributed by atoms with Crippen molar-refractivity contribution in [2.45, 2.75) is 62.1 Å². The Bertz CT molecular complexity index is 1890. The van der Waals surface area contributed by atoms with E-state index < -0.39 is 29.1 Å². The van der Waals surface area contributed by atoms with Gasteiger partial charge in [-0.3, -0.25) is 19.6 Å². The molecule has 10 nitrogen and oxygen atoms in total. The van der Waals surface area contributed by atoms with Crippen molar-refractivity contribution in [2.24, 2.45) is 0 Å². The Morgan fingerprint density at radius 2 is 1.69 bits per heavy atom. The number of thioether (sulfide) groups is 1. The smallest absolute Gasteiger partial charge is 0.409 e. The molecule has 1 aromatic heterocycles. The van der Waals surface area contributed by atoms with E-state index in [4.69, 9.17) is 0 Å². The molecule has 0 bridgehead atoms. The zero-order valence-corrected chi connectivity index (χ0v) is 26.1. The highest BCUT2D eigenvalue weighted by atomic mass is 32.2. The molecule has 0 spiro atoms. The number of nitriles is 2. The highest BCUT2D eigenvalue weighted by Crippen LogP contribution is 2.45. The molecule has 2 heterocycles. The summed E-state index contributed by atoms with van der Waals surface area (Å²) in [6.07, 6.45) is -1.61. The van der Waals surface area contributed by atoms with Crippen LogP contribution in [0.15, 0.2) is 77.7 Å². The van der Waals surface area contributed by atoms with Gasteiger partial charge in [0.1, 0.15) is 30.2 Å². The van der Waals surface area contributed by atoms with Crippen LogP contribution in [0.5, 0.6) is 0 Å². The van der Waals surface area contributed by atoms with E-state index in [1.54, 1.807) is 34.6 Å². The number of nitrogens with zero attached hydrogens (tertiary/aromatic N) is 5. The number of amides is 2. The van der Waals surface area contributed by atoms with Crippen molar-refractivity contribution in [3.63, 3.8) is 0 Å². The van der Waals surface area contributed by atoms with Gasteiger partial charge in [0, 0.05) is 20.6 Å². The summed E-state index contributed by atoms with van der Waals surface area (Å²) in [6.45, 7) is 6.97. The molecule has 0 fully saturated rings. The van der Waals surface area contributed by atoms with Crippen LogP contribution in [0.1, 0.15) is 44.5 Å². The van der Waals surface area contributed by atoms with Gasteiger partial charge < -0.3 is 14.8 Å². The van der Waals surface area contributed by atoms with Crippen molar-refractivity contribution < 1.29 is 19.5 Å². The van der Waals surface area contributed by atoms with E-state index in [1.165, 1.54) is 18.7 Å². The number of fused-ring (bicyclic) bond motifs is 2. The first kappa shape index (κ1) is 31.3. The second-order valence-electron chi connectivity index (χ2n) is 11.4. The zero-order valence-electron chi connectivity index (χ0n) is 25.3. The predicted molar refractivity (Wildman–Crippen MR) is 172 cm³/mol. The van der Waals surface area contributed by atoms with E-state index in [-0.39, 0.29) is 12.5 Å². The summed E-state index contributed by atoms with van der Waals surface area (Å²) in [5, 5.41) is 34.3. The number of aldehydes is 1. The summed E-state index contributed by atoms with van der Waals surface area (Å²) in [4.78, 5) is 41.8. The Labute approximate surface area is 265 Å². The second-order valence-corrected chi connectivity index (χ2v) is 13.1. The van der Waals surface area contributed by atoms with Gasteiger partial charge in [0.25, 0.3) is 0 Å². The molecule has 0 saturated carbocycles. The van der Waals surface area contributed by atoms with Crippen molar-refractivity contribution >= 4 is 46.6 Å². The number of aromatic nitrogens is 1. The molecular weight excluding hydrogens is 588 g/mol. The van der Waals surface area contributed by atoms with E-state index in [0.717, 1.165) is 20.7 Å². The summed E-state index contributed by atoms with van der Waals surface area (Å²) in [6, 6.07) is 24.8. The number of hydrogen-bond donors (Lipinski definition) is 2. The first-order valence-corrected chi connectivity index (χ1v) is 15.2. The maximum Gasteiger partial charge on any atom is 0.409 e. The predicted octanol–water partition coefficient (Wildman–Crippen LogP) is 5.66. The maximum absolute atomic E-state index is 14.7. The molecule has 1 aliphatic heterocycles. The lowest BCUT2D eigenvalue weighted by molar-refractivity contribution is -0.122. The number of para-hydroxylation sites is 3. The van der Waals surface area contributed by atoms with Gasteiger partial charge in [-0.05, 0) is 58.0 Å². The Balaban J connectivity index is 1.67. The molecule has 2 amide bonds. The lowest BCUT2D eigenvalue weighted by atomic mass is 10.00. The van der Waals surface area contributed by atoms with Crippen molar-refractivity contribution in [1.29, 1.82) is 10.5 Å². The summed E-state index contributed by atoms with van der Waals surface area (Å²) in [7, 11) is 0. The quantitative estimate of drug-likeness (QED) is 0.190. The number of anilines is 1. The van der Waals surface area contributed by atoms with Gasteiger partial charge in [0.15, 0.2) is 0 Å². The first-order valence-electron chi connectivity index (χ1n) is 14.4. The fourth-order valence-corrected chi connectivity index (χ4v) is 7.23. The molecule has 3 atom stereocenters. The molecule has 4 aromatic rings. The number of benzene rings is 3. The Morgan fingerprint density at radius 3 is 2.36 bits per heavy atom. The van der Waals surface area contributed by atoms with E-state index >= 15 is 0 Å². The molecule has 3 aromatic carbocycles. The van der Waals surface area contributed by atoms with Crippen LogP contribution in [0.3, 0.4) is 0 Å². The monoisotopic (exact) mass is 620 g/mol. The molecule has 0 saturated heterocycles. The Kier molecular flexibility index (Phi) is 8.69. The molecule has 11 heteroatoms. The average Bonchev–Trinajstić information content (AvgIpc) is 3.31. The van der Waals surface area contributed by atoms with Gasteiger partial charge >= 0.3 is 6.09 Å². The minimum Gasteiger partial charge on any atom is -0.465 e. The third-order valence-corrected chi connectivity index (χ3v) is 9.41. The van der Waals surface area contributed by atoms with Crippen LogP contribution in [0.25, 0.3) is 16.6 Å². The van der Waals surface area contributed by atoms with Gasteiger partial charge in [-0.1, -0.05) is 42.5 Å². The third-order valence-electron chi connectivity index (χ3n) is 8.09. The molecule has 228 valence electrons. The van der Waals surface area contributed by atoms with Crippen LogP contribution in [0.4, 0.5) is 10.5 Å². The van der Waals surface area contributed by atoms with Crippen LogP contribution < -0.4 is 10.2 Å². The van der Waals surface area contributed by atoms with Crippen LogP contribution in [0, 0.1) is 22.7 Å². The highest BCUT2D eigenvalue weighted by molar-refractivity contribution is 8.01. The SMILES string of the molecule is CC(C=O)N(C(=O)O)[C@@H](C)N[C@@H]1C(=O)N(Cc2c(C#N)n(-c3ccccc3C#N)c3ccccc23)c2ccccc2SC1(C)C. The van der Waals surface area contributed by atoms with Gasteiger partial charge in [0.2, 0.25) is 5.91 Å². The molecule has 1 unspecified atom stereocenters. The van der Waals surface area contributed by atoms with Crippen molar-refractivity contribution in [3.05, 3.63) is 89.6 Å². The van der Waals surface area contributed by atoms with Crippen molar-refractivity contribution in [2.75, 3.05) is 4.90 Å². The van der Waals surface area contributed by atoms with E-state index in [1.807, 2.05) is 68.4 Å². The van der Waals surface area contributed by atoms with E-state index in [0.29, 0.717) is 34.5 Å². The molecular formula is C34H32N6O4S. The number of carboxylic acid groups (broad SMARTS) is 1. The molecule has 0 radical (unpaired) electrons. The van der Waals surface area contributed by atoms with Crippen LogP contribution in [-0.4, -0.2) is 55.9 Å². The number of carbonyl (C=O) groups is 3. The summed E-state index contributed by atoms with van der Waals surface area (Å²) in [5.74, 6) is -0.313. The molecule has 45 heavy (non-hydrogen) atoms. The standard InChI is InChI=1S/C34H32N6O4S/c1-21(20-41)39(33(43)44)22(2)37-31-32(42)38(28-15-9-10-16-30(28)45-34(31,3)4)19-25-24-12-6-8-14-27(24)40(29(25)18-36)26-13-7-5-11-23(26)17-35/h5-16,20-22,31,37H,19H2,1-4H3,(H,43,44)/t21?,22-,31+/m0/s1. The molecule has 0 aliphatic carbocycles. The Morgan fingerprint density at radius 1 is 1.04 bits per heavy atom. The minimum atomic E-state index is -1.29. The summed E-state index contributed by atoms with van der Waals surface area (Å²) >= 11 is 1.49. The molecule has 5 rings (SSSR count). The fraction of sp³-hybridized carbons (Fsp3) is 0.265. The lowest BCUT2D eigenvalue weighted by Crippen LogP contribution is -2.62. The number of rotatable bonds is 8. The number of hydrogen-bond acceptors (Lipinski definition) is 7. The second kappa shape index (κ2) is 12.5. The fourth-order valence-electron chi connectivity index (χ4n) is 5.95. The van der Waals surface area contributed by atoms with Crippen molar-refractivity contribution in [3.8, 4) is 17.8 Å². The molecule has 1 aliphatic rings. The van der Waals surface area contributed by atoms with Gasteiger partial charge in [-0.2, -0.15) is 10.5 Å². The lowest BCUT2D eigenvalue weighted by Gasteiger charge is -2.38. The Hall–Kier alpha value is -5.10. The van der Waals surface area contributed by atoms with Gasteiger partial charge in [0.05, 0.1) is 41.2 Å². The van der Waals surface area contributed by atoms with Crippen LogP contribution in [-0.2, 0) is 16.1 Å². The van der Waals surface area contributed by atoms with Gasteiger partial charge in [-0.25, -0.2) is 4.79 Å². The maximum atomic E-state index is 14.7. The summed E-state index contributed by atoms with van der Waals surface area (Å²) < 4.78 is 1.02. The highest BCUT2D eigenvalue weighted by Gasteiger charge is 2.45.